The van der Waals surface area contributed by atoms with Gasteiger partial charge in [-0.2, -0.15) is 0 Å². The van der Waals surface area contributed by atoms with E-state index in [1.807, 2.05) is 6.92 Å². The highest BCUT2D eigenvalue weighted by molar-refractivity contribution is 5.78. The smallest absolute Gasteiger partial charge is 0.323 e. The van der Waals surface area contributed by atoms with Crippen LogP contribution in [-0.4, -0.2) is 49.6 Å². The van der Waals surface area contributed by atoms with Crippen LogP contribution < -0.4 is 5.32 Å². The van der Waals surface area contributed by atoms with E-state index in [0.717, 1.165) is 38.8 Å². The second-order valence-electron chi connectivity index (χ2n) is 5.25. The third-order valence-electron chi connectivity index (χ3n) is 3.17. The van der Waals surface area contributed by atoms with Crippen molar-refractivity contribution < 1.29 is 19.4 Å². The van der Waals surface area contributed by atoms with Gasteiger partial charge in [-0.1, -0.05) is 13.8 Å². The number of hydrogen-bond acceptors (Lipinski definition) is 4. The molecule has 0 saturated heterocycles. The van der Waals surface area contributed by atoms with E-state index >= 15 is 0 Å². The van der Waals surface area contributed by atoms with Crippen molar-refractivity contribution in [3.63, 3.8) is 0 Å². The Balaban J connectivity index is 3.61. The van der Waals surface area contributed by atoms with Gasteiger partial charge >= 0.3 is 5.97 Å². The molecule has 0 spiro atoms. The molecule has 0 aromatic carbocycles. The molecule has 0 aromatic heterocycles. The van der Waals surface area contributed by atoms with Crippen molar-refractivity contribution >= 4 is 5.97 Å². The van der Waals surface area contributed by atoms with Gasteiger partial charge < -0.3 is 19.9 Å². The maximum atomic E-state index is 11.3. The van der Waals surface area contributed by atoms with E-state index in [1.165, 1.54) is 0 Å². The third kappa shape index (κ3) is 9.28. The summed E-state index contributed by atoms with van der Waals surface area (Å²) in [5.41, 5.74) is -0.819. The van der Waals surface area contributed by atoms with E-state index in [4.69, 9.17) is 9.47 Å². The van der Waals surface area contributed by atoms with Gasteiger partial charge in [-0.15, -0.1) is 0 Å². The summed E-state index contributed by atoms with van der Waals surface area (Å²) in [6.45, 7) is 9.29. The van der Waals surface area contributed by atoms with Crippen LogP contribution >= 0.6 is 0 Å². The normalized spacial score (nSPS) is 14.2. The first-order chi connectivity index (χ1) is 9.56. The number of ether oxygens (including phenoxy) is 2. The van der Waals surface area contributed by atoms with Crippen molar-refractivity contribution in [1.29, 1.82) is 0 Å². The minimum Gasteiger partial charge on any atom is -0.480 e. The summed E-state index contributed by atoms with van der Waals surface area (Å²) in [5, 5.41) is 12.4. The average molecular weight is 289 g/mol. The van der Waals surface area contributed by atoms with Crippen LogP contribution in [0.3, 0.4) is 0 Å². The molecule has 2 N–H and O–H groups in total. The van der Waals surface area contributed by atoms with Gasteiger partial charge in [0.1, 0.15) is 5.54 Å². The molecule has 120 valence electrons. The lowest BCUT2D eigenvalue weighted by molar-refractivity contribution is -0.144. The Morgan fingerprint density at radius 1 is 1.05 bits per heavy atom. The summed E-state index contributed by atoms with van der Waals surface area (Å²) in [7, 11) is 0. The molecule has 5 nitrogen and oxygen atoms in total. The molecule has 0 radical (unpaired) electrons. The lowest BCUT2D eigenvalue weighted by atomic mass is 9.95. The van der Waals surface area contributed by atoms with Crippen LogP contribution in [0.5, 0.6) is 0 Å². The Bertz CT molecular complexity index is 248. The Morgan fingerprint density at radius 3 is 2.25 bits per heavy atom. The second kappa shape index (κ2) is 12.1. The molecular formula is C15H31NO4. The number of carboxylic acid groups (broad SMARTS) is 1. The zero-order valence-electron chi connectivity index (χ0n) is 13.2. The highest BCUT2D eigenvalue weighted by Gasteiger charge is 2.31. The van der Waals surface area contributed by atoms with Gasteiger partial charge in [0.15, 0.2) is 0 Å². The van der Waals surface area contributed by atoms with Crippen molar-refractivity contribution in [2.24, 2.45) is 0 Å². The number of hydrogen-bond donors (Lipinski definition) is 2. The summed E-state index contributed by atoms with van der Waals surface area (Å²) in [4.78, 5) is 11.3. The Labute approximate surface area is 123 Å². The molecule has 1 unspecified atom stereocenters. The largest absolute Gasteiger partial charge is 0.480 e. The summed E-state index contributed by atoms with van der Waals surface area (Å²) < 4.78 is 10.8. The second-order valence-corrected chi connectivity index (χ2v) is 5.25. The molecule has 5 heteroatoms. The number of unbranched alkanes of at least 4 members (excludes halogenated alkanes) is 1. The zero-order chi connectivity index (χ0) is 15.3. The van der Waals surface area contributed by atoms with Gasteiger partial charge in [0.2, 0.25) is 0 Å². The Morgan fingerprint density at radius 2 is 1.70 bits per heavy atom. The van der Waals surface area contributed by atoms with Gasteiger partial charge in [-0.3, -0.25) is 4.79 Å². The highest BCUT2D eigenvalue weighted by Crippen LogP contribution is 2.14. The molecule has 20 heavy (non-hydrogen) atoms. The van der Waals surface area contributed by atoms with Crippen LogP contribution in [0.15, 0.2) is 0 Å². The average Bonchev–Trinajstić information content (AvgIpc) is 2.43. The molecule has 0 aliphatic rings. The predicted molar refractivity (Wildman–Crippen MR) is 80.1 cm³/mol. The van der Waals surface area contributed by atoms with E-state index < -0.39 is 11.5 Å². The van der Waals surface area contributed by atoms with Gasteiger partial charge in [0.25, 0.3) is 0 Å². The van der Waals surface area contributed by atoms with Crippen molar-refractivity contribution in [3.8, 4) is 0 Å². The standard InChI is InChI=1S/C15H31NO4/c1-4-9-16-15(3,14(17)18)8-6-7-11-20-13-12-19-10-5-2/h16H,4-13H2,1-3H3,(H,17,18). The van der Waals surface area contributed by atoms with Crippen molar-refractivity contribution in [2.45, 2.75) is 58.4 Å². The molecule has 0 saturated carbocycles. The molecular weight excluding hydrogens is 258 g/mol. The van der Waals surface area contributed by atoms with Crippen LogP contribution in [0.4, 0.5) is 0 Å². The van der Waals surface area contributed by atoms with E-state index in [9.17, 15) is 9.90 Å². The summed E-state index contributed by atoms with van der Waals surface area (Å²) in [6, 6.07) is 0. The molecule has 0 heterocycles. The fraction of sp³-hybridized carbons (Fsp3) is 0.933. The van der Waals surface area contributed by atoms with Crippen LogP contribution in [-0.2, 0) is 14.3 Å². The van der Waals surface area contributed by atoms with Gasteiger partial charge in [-0.05, 0) is 45.6 Å². The first kappa shape index (κ1) is 19.4. The Kier molecular flexibility index (Phi) is 11.7. The topological polar surface area (TPSA) is 67.8 Å². The van der Waals surface area contributed by atoms with Crippen LogP contribution in [0, 0.1) is 0 Å². The van der Waals surface area contributed by atoms with Gasteiger partial charge in [0, 0.05) is 13.2 Å². The summed E-state index contributed by atoms with van der Waals surface area (Å²) in [6.07, 6.45) is 4.31. The number of carbonyl (C=O) groups is 1. The molecule has 0 amide bonds. The quantitative estimate of drug-likeness (QED) is 0.481. The minimum atomic E-state index is -0.819. The SMILES string of the molecule is CCCNC(C)(CCCCOCCOCCC)C(=O)O. The lowest BCUT2D eigenvalue weighted by Gasteiger charge is -2.26. The fourth-order valence-electron chi connectivity index (χ4n) is 1.82. The monoisotopic (exact) mass is 289 g/mol. The van der Waals surface area contributed by atoms with Gasteiger partial charge in [0.05, 0.1) is 13.2 Å². The minimum absolute atomic E-state index is 0.615. The maximum Gasteiger partial charge on any atom is 0.323 e. The number of nitrogens with one attached hydrogen (secondary N) is 1. The van der Waals surface area contributed by atoms with Crippen LogP contribution in [0.1, 0.15) is 52.9 Å². The number of carboxylic acids is 1. The molecule has 0 aliphatic carbocycles. The van der Waals surface area contributed by atoms with Crippen LogP contribution in [0.25, 0.3) is 0 Å². The maximum absolute atomic E-state index is 11.3. The van der Waals surface area contributed by atoms with Crippen molar-refractivity contribution in [3.05, 3.63) is 0 Å². The molecule has 0 aliphatic heterocycles. The van der Waals surface area contributed by atoms with E-state index in [1.54, 1.807) is 6.92 Å². The number of aliphatic carboxylic acids is 1. The van der Waals surface area contributed by atoms with E-state index in [-0.39, 0.29) is 0 Å². The van der Waals surface area contributed by atoms with E-state index in [0.29, 0.717) is 26.2 Å². The molecule has 0 aromatic rings. The van der Waals surface area contributed by atoms with Crippen molar-refractivity contribution in [1.82, 2.24) is 5.32 Å². The Hall–Kier alpha value is -0.650. The zero-order valence-corrected chi connectivity index (χ0v) is 13.2. The lowest BCUT2D eigenvalue weighted by Crippen LogP contribution is -2.49. The van der Waals surface area contributed by atoms with Gasteiger partial charge in [-0.25, -0.2) is 0 Å². The molecule has 0 bridgehead atoms. The van der Waals surface area contributed by atoms with Crippen LogP contribution in [0.2, 0.25) is 0 Å². The first-order valence-corrected chi connectivity index (χ1v) is 7.70. The fourth-order valence-corrected chi connectivity index (χ4v) is 1.82. The molecule has 1 atom stereocenters. The third-order valence-corrected chi connectivity index (χ3v) is 3.17. The highest BCUT2D eigenvalue weighted by atomic mass is 16.5. The predicted octanol–water partition coefficient (Wildman–Crippen LogP) is 2.44. The number of rotatable bonds is 14. The summed E-state index contributed by atoms with van der Waals surface area (Å²) in [5.74, 6) is -0.778. The first-order valence-electron chi connectivity index (χ1n) is 7.70. The summed E-state index contributed by atoms with van der Waals surface area (Å²) >= 11 is 0. The molecule has 0 fully saturated rings. The van der Waals surface area contributed by atoms with Crippen molar-refractivity contribution in [2.75, 3.05) is 33.0 Å². The van der Waals surface area contributed by atoms with E-state index in [2.05, 4.69) is 12.2 Å². The molecule has 0 rings (SSSR count).